The predicted octanol–water partition coefficient (Wildman–Crippen LogP) is 1.96. The fourth-order valence-electron chi connectivity index (χ4n) is 3.46. The third-order valence-electron chi connectivity index (χ3n) is 4.94. The summed E-state index contributed by atoms with van der Waals surface area (Å²) in [5, 5.41) is 3.74. The van der Waals surface area contributed by atoms with Crippen LogP contribution in [0.4, 0.5) is 0 Å². The van der Waals surface area contributed by atoms with Gasteiger partial charge in [-0.25, -0.2) is 0 Å². The van der Waals surface area contributed by atoms with Gasteiger partial charge in [0.2, 0.25) is 5.91 Å². The molecule has 2 fully saturated rings. The zero-order valence-electron chi connectivity index (χ0n) is 15.0. The van der Waals surface area contributed by atoms with E-state index in [1.807, 2.05) is 0 Å². The first-order chi connectivity index (χ1) is 12.7. The maximum absolute atomic E-state index is 12.2. The molecule has 1 amide bonds. The van der Waals surface area contributed by atoms with Crippen LogP contribution in [-0.2, 0) is 14.3 Å². The van der Waals surface area contributed by atoms with Crippen molar-refractivity contribution in [1.29, 1.82) is 0 Å². The van der Waals surface area contributed by atoms with Crippen molar-refractivity contribution >= 4 is 17.5 Å². The summed E-state index contributed by atoms with van der Waals surface area (Å²) in [5.74, 6) is 1.20. The minimum Gasteiger partial charge on any atom is -0.493 e. The molecule has 1 aromatic rings. The highest BCUT2D eigenvalue weighted by atomic mass is 35.5. The van der Waals surface area contributed by atoms with Gasteiger partial charge in [0.15, 0.2) is 0 Å². The first kappa shape index (κ1) is 19.4. The van der Waals surface area contributed by atoms with E-state index in [2.05, 4.69) is 10.2 Å². The summed E-state index contributed by atoms with van der Waals surface area (Å²) in [6.45, 7) is 5.93. The summed E-state index contributed by atoms with van der Waals surface area (Å²) >= 11 is 5.84. The first-order valence-corrected chi connectivity index (χ1v) is 9.65. The van der Waals surface area contributed by atoms with Crippen LogP contribution in [0.5, 0.6) is 5.75 Å². The second-order valence-electron chi connectivity index (χ2n) is 6.70. The molecule has 2 aliphatic heterocycles. The molecule has 1 aromatic carbocycles. The number of benzene rings is 1. The third kappa shape index (κ3) is 5.84. The summed E-state index contributed by atoms with van der Waals surface area (Å²) in [7, 11) is 0. The maximum atomic E-state index is 12.2. The number of rotatable bonds is 8. The zero-order chi connectivity index (χ0) is 18.2. The molecule has 0 aromatic heterocycles. The van der Waals surface area contributed by atoms with Crippen molar-refractivity contribution in [2.75, 3.05) is 52.7 Å². The third-order valence-corrected chi connectivity index (χ3v) is 5.20. The lowest BCUT2D eigenvalue weighted by molar-refractivity contribution is -0.122. The highest BCUT2D eigenvalue weighted by Gasteiger charge is 2.31. The van der Waals surface area contributed by atoms with Gasteiger partial charge in [0.1, 0.15) is 5.75 Å². The van der Waals surface area contributed by atoms with Crippen molar-refractivity contribution in [1.82, 2.24) is 10.2 Å². The Kier molecular flexibility index (Phi) is 7.55. The van der Waals surface area contributed by atoms with Crippen molar-refractivity contribution in [3.05, 3.63) is 29.3 Å². The smallest absolute Gasteiger partial charge is 0.223 e. The standard InChI is InChI=1S/C19H27ClN2O4/c20-16-1-3-17(4-2-16)26-10-6-19(23)21-13-18(15-5-9-25-14-15)22-7-11-24-12-8-22/h1-4,15,18H,5-14H2,(H,21,23). The molecule has 6 nitrogen and oxygen atoms in total. The summed E-state index contributed by atoms with van der Waals surface area (Å²) in [4.78, 5) is 14.6. The molecule has 0 spiro atoms. The normalized spacial score (nSPS) is 22.1. The Hall–Kier alpha value is -1.34. The number of nitrogens with one attached hydrogen (secondary N) is 1. The van der Waals surface area contributed by atoms with Crippen LogP contribution in [0.15, 0.2) is 24.3 Å². The number of carbonyl (C=O) groups excluding carboxylic acids is 1. The van der Waals surface area contributed by atoms with Crippen molar-refractivity contribution in [2.45, 2.75) is 18.9 Å². The van der Waals surface area contributed by atoms with Gasteiger partial charge in [-0.3, -0.25) is 9.69 Å². The van der Waals surface area contributed by atoms with E-state index in [1.165, 1.54) is 0 Å². The molecule has 2 heterocycles. The number of amides is 1. The van der Waals surface area contributed by atoms with Gasteiger partial charge in [-0.2, -0.15) is 0 Å². The lowest BCUT2D eigenvalue weighted by Gasteiger charge is -2.37. The van der Waals surface area contributed by atoms with Crippen LogP contribution in [-0.4, -0.2) is 69.5 Å². The molecular weight excluding hydrogens is 356 g/mol. The van der Waals surface area contributed by atoms with Crippen LogP contribution in [0.25, 0.3) is 0 Å². The van der Waals surface area contributed by atoms with E-state index in [9.17, 15) is 4.79 Å². The number of ether oxygens (including phenoxy) is 3. The lowest BCUT2D eigenvalue weighted by Crippen LogP contribution is -2.52. The van der Waals surface area contributed by atoms with E-state index < -0.39 is 0 Å². The van der Waals surface area contributed by atoms with Crippen LogP contribution in [0, 0.1) is 5.92 Å². The van der Waals surface area contributed by atoms with Crippen LogP contribution in [0.1, 0.15) is 12.8 Å². The minimum atomic E-state index is 0.0103. The molecule has 0 radical (unpaired) electrons. The molecule has 1 N–H and O–H groups in total. The number of nitrogens with zero attached hydrogens (tertiary/aromatic N) is 1. The Morgan fingerprint density at radius 2 is 2.00 bits per heavy atom. The van der Waals surface area contributed by atoms with E-state index >= 15 is 0 Å². The van der Waals surface area contributed by atoms with Crippen LogP contribution in [0.2, 0.25) is 5.02 Å². The number of hydrogen-bond acceptors (Lipinski definition) is 5. The molecule has 2 unspecified atom stereocenters. The Labute approximate surface area is 159 Å². The molecule has 0 saturated carbocycles. The molecule has 3 rings (SSSR count). The highest BCUT2D eigenvalue weighted by Crippen LogP contribution is 2.22. The monoisotopic (exact) mass is 382 g/mol. The molecule has 0 bridgehead atoms. The molecule has 2 aliphatic rings. The molecule has 7 heteroatoms. The van der Waals surface area contributed by atoms with Gasteiger partial charge in [0, 0.05) is 43.2 Å². The number of morpholine rings is 1. The summed E-state index contributed by atoms with van der Waals surface area (Å²) in [6.07, 6.45) is 1.39. The van der Waals surface area contributed by atoms with Crippen molar-refractivity contribution < 1.29 is 19.0 Å². The molecular formula is C19H27ClN2O4. The Morgan fingerprint density at radius 1 is 1.23 bits per heavy atom. The van der Waals surface area contributed by atoms with Gasteiger partial charge in [-0.1, -0.05) is 11.6 Å². The summed E-state index contributed by atoms with van der Waals surface area (Å²) in [6, 6.07) is 7.45. The summed E-state index contributed by atoms with van der Waals surface area (Å²) in [5.41, 5.74) is 0. The highest BCUT2D eigenvalue weighted by molar-refractivity contribution is 6.30. The molecule has 0 aliphatic carbocycles. The predicted molar refractivity (Wildman–Crippen MR) is 99.7 cm³/mol. The maximum Gasteiger partial charge on any atom is 0.223 e. The second kappa shape index (κ2) is 10.1. The van der Waals surface area contributed by atoms with Gasteiger partial charge in [-0.15, -0.1) is 0 Å². The van der Waals surface area contributed by atoms with E-state index in [-0.39, 0.29) is 5.91 Å². The Morgan fingerprint density at radius 3 is 2.69 bits per heavy atom. The second-order valence-corrected chi connectivity index (χ2v) is 7.13. The molecule has 26 heavy (non-hydrogen) atoms. The fourth-order valence-corrected chi connectivity index (χ4v) is 3.58. The quantitative estimate of drug-likeness (QED) is 0.744. The molecule has 2 atom stereocenters. The van der Waals surface area contributed by atoms with Gasteiger partial charge in [0.05, 0.1) is 32.8 Å². The van der Waals surface area contributed by atoms with Gasteiger partial charge in [-0.05, 0) is 30.7 Å². The van der Waals surface area contributed by atoms with Crippen LogP contribution in [0.3, 0.4) is 0 Å². The number of hydrogen-bond donors (Lipinski definition) is 1. The Bertz CT molecular complexity index is 557. The zero-order valence-corrected chi connectivity index (χ0v) is 15.7. The summed E-state index contributed by atoms with van der Waals surface area (Å²) < 4.78 is 16.6. The number of carbonyl (C=O) groups is 1. The average molecular weight is 383 g/mol. The van der Waals surface area contributed by atoms with Gasteiger partial charge in [0.25, 0.3) is 0 Å². The van der Waals surface area contributed by atoms with Gasteiger partial charge < -0.3 is 19.5 Å². The van der Waals surface area contributed by atoms with Crippen molar-refractivity contribution in [3.8, 4) is 5.75 Å². The first-order valence-electron chi connectivity index (χ1n) is 9.27. The van der Waals surface area contributed by atoms with Crippen molar-refractivity contribution in [3.63, 3.8) is 0 Å². The van der Waals surface area contributed by atoms with E-state index in [1.54, 1.807) is 24.3 Å². The Balaban J connectivity index is 1.42. The van der Waals surface area contributed by atoms with E-state index in [4.69, 9.17) is 25.8 Å². The minimum absolute atomic E-state index is 0.0103. The largest absolute Gasteiger partial charge is 0.493 e. The SMILES string of the molecule is O=C(CCOc1ccc(Cl)cc1)NCC(C1CCOC1)N1CCOCC1. The van der Waals surface area contributed by atoms with Crippen molar-refractivity contribution in [2.24, 2.45) is 5.92 Å². The molecule has 2 saturated heterocycles. The van der Waals surface area contributed by atoms with Crippen LogP contribution < -0.4 is 10.1 Å². The molecule has 144 valence electrons. The fraction of sp³-hybridized carbons (Fsp3) is 0.632. The van der Waals surface area contributed by atoms with E-state index in [0.717, 1.165) is 51.7 Å². The van der Waals surface area contributed by atoms with E-state index in [0.29, 0.717) is 36.6 Å². The lowest BCUT2D eigenvalue weighted by atomic mass is 9.97. The average Bonchev–Trinajstić information content (AvgIpc) is 3.19. The number of halogens is 1. The topological polar surface area (TPSA) is 60.0 Å². The van der Waals surface area contributed by atoms with Crippen LogP contribution >= 0.6 is 11.6 Å². The van der Waals surface area contributed by atoms with Gasteiger partial charge >= 0.3 is 0 Å².